The third-order valence-electron chi connectivity index (χ3n) is 6.25. The summed E-state index contributed by atoms with van der Waals surface area (Å²) < 4.78 is 11.0. The van der Waals surface area contributed by atoms with Crippen molar-refractivity contribution in [2.75, 3.05) is 13.3 Å². The number of rotatable bonds is 3. The van der Waals surface area contributed by atoms with Crippen LogP contribution in [-0.4, -0.2) is 19.1 Å². The molecule has 2 heterocycles. The molecule has 2 bridgehead atoms. The minimum atomic E-state index is 0.264. The van der Waals surface area contributed by atoms with Crippen LogP contribution in [0.1, 0.15) is 43.2 Å². The van der Waals surface area contributed by atoms with E-state index in [9.17, 15) is 4.79 Å². The number of nitrogens with one attached hydrogen (secondary N) is 1. The maximum Gasteiger partial charge on any atom is 0.231 e. The van der Waals surface area contributed by atoms with Gasteiger partial charge in [0.05, 0.1) is 0 Å². The van der Waals surface area contributed by atoms with Crippen molar-refractivity contribution in [1.29, 1.82) is 0 Å². The van der Waals surface area contributed by atoms with Gasteiger partial charge in [-0.2, -0.15) is 0 Å². The van der Waals surface area contributed by atoms with Crippen molar-refractivity contribution in [2.24, 2.45) is 17.8 Å². The van der Waals surface area contributed by atoms with E-state index in [-0.39, 0.29) is 12.6 Å². The van der Waals surface area contributed by atoms with E-state index >= 15 is 0 Å². The number of ketones is 1. The fraction of sp³-hybridized carbons (Fsp3) is 0.550. The SMILES string of the molecule is O=C(/C=C1\NCCc2cc3c(cc21)OCO3)C[C@H]1C[C@H]2CC[C@@H]1C2. The van der Waals surface area contributed by atoms with Crippen LogP contribution in [0.15, 0.2) is 18.2 Å². The van der Waals surface area contributed by atoms with Crippen LogP contribution >= 0.6 is 0 Å². The Morgan fingerprint density at radius 1 is 1.21 bits per heavy atom. The van der Waals surface area contributed by atoms with Gasteiger partial charge in [0, 0.05) is 30.3 Å². The second-order valence-electron chi connectivity index (χ2n) is 7.70. The van der Waals surface area contributed by atoms with Gasteiger partial charge < -0.3 is 14.8 Å². The number of allylic oxidation sites excluding steroid dienone is 1. The summed E-state index contributed by atoms with van der Waals surface area (Å²) in [7, 11) is 0. The molecular formula is C20H23NO3. The van der Waals surface area contributed by atoms with E-state index in [1.165, 1.54) is 31.2 Å². The Bertz CT molecular complexity index is 724. The molecule has 3 atom stereocenters. The molecule has 1 aromatic carbocycles. The molecule has 2 aliphatic heterocycles. The van der Waals surface area contributed by atoms with Crippen LogP contribution in [0.5, 0.6) is 11.5 Å². The van der Waals surface area contributed by atoms with E-state index in [1.54, 1.807) is 0 Å². The van der Waals surface area contributed by atoms with E-state index in [0.717, 1.165) is 47.6 Å². The number of carbonyl (C=O) groups is 1. The van der Waals surface area contributed by atoms with Crippen LogP contribution in [0.25, 0.3) is 5.70 Å². The molecule has 5 rings (SSSR count). The van der Waals surface area contributed by atoms with Crippen molar-refractivity contribution >= 4 is 11.5 Å². The maximum atomic E-state index is 12.6. The Balaban J connectivity index is 1.37. The Morgan fingerprint density at radius 2 is 2.08 bits per heavy atom. The first-order valence-corrected chi connectivity index (χ1v) is 9.17. The van der Waals surface area contributed by atoms with Gasteiger partial charge in [0.1, 0.15) is 0 Å². The lowest BCUT2D eigenvalue weighted by molar-refractivity contribution is -0.115. The van der Waals surface area contributed by atoms with E-state index < -0.39 is 0 Å². The lowest BCUT2D eigenvalue weighted by Gasteiger charge is -2.23. The van der Waals surface area contributed by atoms with Gasteiger partial charge in [-0.15, -0.1) is 0 Å². The molecular weight excluding hydrogens is 302 g/mol. The molecule has 0 radical (unpaired) electrons. The van der Waals surface area contributed by atoms with E-state index in [2.05, 4.69) is 11.4 Å². The Labute approximate surface area is 142 Å². The molecule has 0 aromatic heterocycles. The molecule has 1 aromatic rings. The lowest BCUT2D eigenvalue weighted by atomic mass is 9.85. The Kier molecular flexibility index (Phi) is 3.32. The molecule has 4 aliphatic rings. The second kappa shape index (κ2) is 5.54. The normalized spacial score (nSPS) is 31.2. The summed E-state index contributed by atoms with van der Waals surface area (Å²) in [5, 5.41) is 3.40. The molecule has 0 unspecified atom stereocenters. The Hall–Kier alpha value is -1.97. The van der Waals surface area contributed by atoms with Crippen molar-refractivity contribution in [2.45, 2.75) is 38.5 Å². The zero-order valence-corrected chi connectivity index (χ0v) is 13.8. The van der Waals surface area contributed by atoms with Gasteiger partial charge >= 0.3 is 0 Å². The summed E-state index contributed by atoms with van der Waals surface area (Å²) in [5.74, 6) is 4.19. The summed E-state index contributed by atoms with van der Waals surface area (Å²) >= 11 is 0. The average molecular weight is 325 g/mol. The van der Waals surface area contributed by atoms with Crippen LogP contribution in [0, 0.1) is 17.8 Å². The zero-order valence-electron chi connectivity index (χ0n) is 13.8. The largest absolute Gasteiger partial charge is 0.454 e. The van der Waals surface area contributed by atoms with Crippen molar-refractivity contribution in [3.63, 3.8) is 0 Å². The lowest BCUT2D eigenvalue weighted by Crippen LogP contribution is -2.24. The first-order valence-electron chi connectivity index (χ1n) is 9.17. The van der Waals surface area contributed by atoms with Crippen LogP contribution in [0.4, 0.5) is 0 Å². The molecule has 2 saturated carbocycles. The molecule has 0 spiro atoms. The Morgan fingerprint density at radius 3 is 2.88 bits per heavy atom. The smallest absolute Gasteiger partial charge is 0.231 e. The average Bonchev–Trinajstić information content (AvgIpc) is 3.29. The number of hydrogen-bond acceptors (Lipinski definition) is 4. The molecule has 4 heteroatoms. The molecule has 24 heavy (non-hydrogen) atoms. The van der Waals surface area contributed by atoms with Gasteiger partial charge in [0.15, 0.2) is 17.3 Å². The van der Waals surface area contributed by atoms with Crippen LogP contribution < -0.4 is 14.8 Å². The number of ether oxygens (including phenoxy) is 2. The second-order valence-corrected chi connectivity index (χ2v) is 7.70. The molecule has 1 N–H and O–H groups in total. The van der Waals surface area contributed by atoms with Crippen molar-refractivity contribution in [3.8, 4) is 11.5 Å². The highest BCUT2D eigenvalue weighted by Crippen LogP contribution is 2.49. The van der Waals surface area contributed by atoms with Crippen molar-refractivity contribution in [3.05, 3.63) is 29.3 Å². The van der Waals surface area contributed by atoms with Gasteiger partial charge in [0.25, 0.3) is 0 Å². The fourth-order valence-electron chi connectivity index (χ4n) is 5.10. The number of carbonyl (C=O) groups excluding carboxylic acids is 1. The van der Waals surface area contributed by atoms with Crippen molar-refractivity contribution < 1.29 is 14.3 Å². The standard InChI is InChI=1S/C20H23NO3/c22-16(7-15-6-12-1-2-13(15)5-12)9-18-17-10-20-19(23-11-24-20)8-14(17)3-4-21-18/h8-10,12-13,15,21H,1-7,11H2/b18-9-/t12-,13+,15+/m0/s1. The summed E-state index contributed by atoms with van der Waals surface area (Å²) in [6.07, 6.45) is 8.84. The molecule has 0 saturated heterocycles. The van der Waals surface area contributed by atoms with Gasteiger partial charge in [-0.05, 0) is 61.1 Å². The summed E-state index contributed by atoms with van der Waals surface area (Å²) in [6, 6.07) is 4.08. The van der Waals surface area contributed by atoms with Crippen LogP contribution in [0.2, 0.25) is 0 Å². The maximum absolute atomic E-state index is 12.6. The fourth-order valence-corrected chi connectivity index (χ4v) is 5.10. The third kappa shape index (κ3) is 2.40. The van der Waals surface area contributed by atoms with Crippen LogP contribution in [0.3, 0.4) is 0 Å². The highest BCUT2D eigenvalue weighted by atomic mass is 16.7. The van der Waals surface area contributed by atoms with Gasteiger partial charge in [0.2, 0.25) is 6.79 Å². The van der Waals surface area contributed by atoms with Crippen molar-refractivity contribution in [1.82, 2.24) is 5.32 Å². The summed E-state index contributed by atoms with van der Waals surface area (Å²) in [6.45, 7) is 1.15. The quantitative estimate of drug-likeness (QED) is 0.866. The molecule has 126 valence electrons. The summed E-state index contributed by atoms with van der Waals surface area (Å²) in [5.41, 5.74) is 3.27. The van der Waals surface area contributed by atoms with Gasteiger partial charge in [-0.25, -0.2) is 0 Å². The predicted molar refractivity (Wildman–Crippen MR) is 90.8 cm³/mol. The molecule has 2 aliphatic carbocycles. The molecule has 0 amide bonds. The topological polar surface area (TPSA) is 47.6 Å². The van der Waals surface area contributed by atoms with Crippen LogP contribution in [-0.2, 0) is 11.2 Å². The highest BCUT2D eigenvalue weighted by Gasteiger charge is 2.39. The number of benzene rings is 1. The van der Waals surface area contributed by atoms with E-state index in [0.29, 0.717) is 12.3 Å². The minimum Gasteiger partial charge on any atom is -0.454 e. The predicted octanol–water partition coefficient (Wildman–Crippen LogP) is 3.30. The van der Waals surface area contributed by atoms with E-state index in [4.69, 9.17) is 9.47 Å². The highest BCUT2D eigenvalue weighted by molar-refractivity contribution is 5.97. The first-order chi connectivity index (χ1) is 11.8. The monoisotopic (exact) mass is 325 g/mol. The summed E-state index contributed by atoms with van der Waals surface area (Å²) in [4.78, 5) is 12.6. The minimum absolute atomic E-state index is 0.264. The number of fused-ring (bicyclic) bond motifs is 4. The van der Waals surface area contributed by atoms with Gasteiger partial charge in [-0.3, -0.25) is 4.79 Å². The number of hydrogen-bond donors (Lipinski definition) is 1. The van der Waals surface area contributed by atoms with Gasteiger partial charge in [-0.1, -0.05) is 6.42 Å². The molecule has 4 nitrogen and oxygen atoms in total. The zero-order chi connectivity index (χ0) is 16.1. The third-order valence-corrected chi connectivity index (χ3v) is 6.25. The first kappa shape index (κ1) is 14.4. The van der Waals surface area contributed by atoms with E-state index in [1.807, 2.05) is 12.1 Å². The molecule has 2 fully saturated rings.